The van der Waals surface area contributed by atoms with Crippen LogP contribution in [-0.4, -0.2) is 26.0 Å². The number of rotatable bonds is 1. The fourth-order valence-corrected chi connectivity index (χ4v) is 1.90. The van der Waals surface area contributed by atoms with E-state index >= 15 is 0 Å². The van der Waals surface area contributed by atoms with Crippen molar-refractivity contribution < 1.29 is 14.3 Å². The SMILES string of the molecule is COc1ccc2c(c1)C1=NOCC1CO2. The summed E-state index contributed by atoms with van der Waals surface area (Å²) in [5.74, 6) is 1.94. The minimum Gasteiger partial charge on any atom is -0.497 e. The van der Waals surface area contributed by atoms with Crippen LogP contribution in [0.5, 0.6) is 11.5 Å². The Morgan fingerprint density at radius 2 is 2.33 bits per heavy atom. The number of nitrogens with zero attached hydrogens (tertiary/aromatic N) is 1. The lowest BCUT2D eigenvalue weighted by Gasteiger charge is -2.21. The highest BCUT2D eigenvalue weighted by atomic mass is 16.6. The Balaban J connectivity index is 2.10. The normalized spacial score (nSPS) is 21.9. The van der Waals surface area contributed by atoms with E-state index in [0.717, 1.165) is 22.8 Å². The van der Waals surface area contributed by atoms with Gasteiger partial charge in [-0.2, -0.15) is 0 Å². The Labute approximate surface area is 87.4 Å². The van der Waals surface area contributed by atoms with E-state index in [9.17, 15) is 0 Å². The summed E-state index contributed by atoms with van der Waals surface area (Å²) in [4.78, 5) is 5.09. The molecule has 2 heterocycles. The highest BCUT2D eigenvalue weighted by molar-refractivity contribution is 6.06. The minimum atomic E-state index is 0.268. The largest absolute Gasteiger partial charge is 0.497 e. The molecule has 1 unspecified atom stereocenters. The van der Waals surface area contributed by atoms with Gasteiger partial charge >= 0.3 is 0 Å². The number of ether oxygens (including phenoxy) is 2. The first-order valence-corrected chi connectivity index (χ1v) is 4.89. The van der Waals surface area contributed by atoms with Crippen molar-refractivity contribution in [2.24, 2.45) is 11.1 Å². The van der Waals surface area contributed by atoms with Crippen LogP contribution < -0.4 is 9.47 Å². The van der Waals surface area contributed by atoms with E-state index in [-0.39, 0.29) is 5.92 Å². The Kier molecular flexibility index (Phi) is 1.80. The van der Waals surface area contributed by atoms with Crippen LogP contribution in [-0.2, 0) is 4.84 Å². The lowest BCUT2D eigenvalue weighted by atomic mass is 9.95. The van der Waals surface area contributed by atoms with Crippen molar-refractivity contribution in [1.29, 1.82) is 0 Å². The van der Waals surface area contributed by atoms with E-state index in [1.807, 2.05) is 18.2 Å². The minimum absolute atomic E-state index is 0.268. The molecular formula is C11H11NO3. The predicted molar refractivity (Wildman–Crippen MR) is 54.5 cm³/mol. The average molecular weight is 205 g/mol. The van der Waals surface area contributed by atoms with E-state index in [1.165, 1.54) is 0 Å². The summed E-state index contributed by atoms with van der Waals surface area (Å²) in [5, 5.41) is 4.06. The molecule has 0 spiro atoms. The van der Waals surface area contributed by atoms with E-state index in [4.69, 9.17) is 14.3 Å². The van der Waals surface area contributed by atoms with E-state index in [2.05, 4.69) is 5.16 Å². The maximum absolute atomic E-state index is 5.62. The molecule has 1 atom stereocenters. The van der Waals surface area contributed by atoms with Gasteiger partial charge < -0.3 is 14.3 Å². The molecule has 0 saturated carbocycles. The number of fused-ring (bicyclic) bond motifs is 3. The lowest BCUT2D eigenvalue weighted by molar-refractivity contribution is 0.137. The molecule has 4 nitrogen and oxygen atoms in total. The molecule has 3 rings (SSSR count). The second-order valence-electron chi connectivity index (χ2n) is 3.64. The number of hydrogen-bond acceptors (Lipinski definition) is 4. The average Bonchev–Trinajstić information content (AvgIpc) is 2.76. The summed E-state index contributed by atoms with van der Waals surface area (Å²) < 4.78 is 10.8. The standard InChI is InChI=1S/C11H11NO3/c1-13-8-2-3-10-9(4-8)11-7(5-14-10)6-15-12-11/h2-4,7H,5-6H2,1H3. The Morgan fingerprint density at radius 3 is 3.20 bits per heavy atom. The van der Waals surface area contributed by atoms with Crippen molar-refractivity contribution in [1.82, 2.24) is 0 Å². The molecule has 15 heavy (non-hydrogen) atoms. The molecular weight excluding hydrogens is 194 g/mol. The van der Waals surface area contributed by atoms with Gasteiger partial charge in [-0.3, -0.25) is 0 Å². The molecule has 0 fully saturated rings. The fraction of sp³-hybridized carbons (Fsp3) is 0.364. The molecule has 78 valence electrons. The number of oxime groups is 1. The topological polar surface area (TPSA) is 40.0 Å². The molecule has 0 bridgehead atoms. The van der Waals surface area contributed by atoms with Crippen molar-refractivity contribution >= 4 is 5.71 Å². The van der Waals surface area contributed by atoms with Gasteiger partial charge in [-0.15, -0.1) is 0 Å². The summed E-state index contributed by atoms with van der Waals surface area (Å²) in [7, 11) is 1.65. The monoisotopic (exact) mass is 205 g/mol. The van der Waals surface area contributed by atoms with Crippen molar-refractivity contribution in [2.75, 3.05) is 20.3 Å². The summed E-state index contributed by atoms with van der Waals surface area (Å²) in [6, 6.07) is 5.73. The summed E-state index contributed by atoms with van der Waals surface area (Å²) in [6.07, 6.45) is 0. The van der Waals surface area contributed by atoms with Crippen LogP contribution in [0.4, 0.5) is 0 Å². The van der Waals surface area contributed by atoms with Crippen LogP contribution in [0.3, 0.4) is 0 Å². The van der Waals surface area contributed by atoms with Crippen LogP contribution in [0, 0.1) is 5.92 Å². The third kappa shape index (κ3) is 1.25. The molecule has 0 amide bonds. The van der Waals surface area contributed by atoms with Crippen molar-refractivity contribution in [3.05, 3.63) is 23.8 Å². The van der Waals surface area contributed by atoms with Gasteiger partial charge in [0.25, 0.3) is 0 Å². The first kappa shape index (κ1) is 8.59. The van der Waals surface area contributed by atoms with Gasteiger partial charge in [0.15, 0.2) is 0 Å². The lowest BCUT2D eigenvalue weighted by Crippen LogP contribution is -2.27. The Hall–Kier alpha value is -1.71. The third-order valence-electron chi connectivity index (χ3n) is 2.73. The second-order valence-corrected chi connectivity index (χ2v) is 3.64. The van der Waals surface area contributed by atoms with Crippen molar-refractivity contribution in [3.8, 4) is 11.5 Å². The summed E-state index contributed by atoms with van der Waals surface area (Å²) in [6.45, 7) is 1.27. The number of methoxy groups -OCH3 is 1. The van der Waals surface area contributed by atoms with Gasteiger partial charge in [-0.1, -0.05) is 5.16 Å². The van der Waals surface area contributed by atoms with Gasteiger partial charge in [-0.05, 0) is 18.2 Å². The Morgan fingerprint density at radius 1 is 1.40 bits per heavy atom. The highest BCUT2D eigenvalue weighted by Gasteiger charge is 2.32. The smallest absolute Gasteiger partial charge is 0.129 e. The van der Waals surface area contributed by atoms with Crippen LogP contribution in [0.15, 0.2) is 23.4 Å². The quantitative estimate of drug-likeness (QED) is 0.696. The van der Waals surface area contributed by atoms with E-state index < -0.39 is 0 Å². The molecule has 2 aliphatic heterocycles. The fourth-order valence-electron chi connectivity index (χ4n) is 1.90. The summed E-state index contributed by atoms with van der Waals surface area (Å²) in [5.41, 5.74) is 1.97. The van der Waals surface area contributed by atoms with Gasteiger partial charge in [0.05, 0.1) is 13.0 Å². The molecule has 0 saturated heterocycles. The second kappa shape index (κ2) is 3.15. The van der Waals surface area contributed by atoms with Crippen LogP contribution in [0.1, 0.15) is 5.56 Å². The molecule has 4 heteroatoms. The molecule has 0 N–H and O–H groups in total. The van der Waals surface area contributed by atoms with Crippen LogP contribution >= 0.6 is 0 Å². The van der Waals surface area contributed by atoms with Gasteiger partial charge in [0.1, 0.15) is 30.4 Å². The maximum Gasteiger partial charge on any atom is 0.129 e. The molecule has 1 aromatic rings. The first-order valence-electron chi connectivity index (χ1n) is 4.89. The van der Waals surface area contributed by atoms with Crippen LogP contribution in [0.25, 0.3) is 0 Å². The number of hydrogen-bond donors (Lipinski definition) is 0. The van der Waals surface area contributed by atoms with Gasteiger partial charge in [-0.25, -0.2) is 0 Å². The zero-order valence-electron chi connectivity index (χ0n) is 8.40. The first-order chi connectivity index (χ1) is 7.38. The van der Waals surface area contributed by atoms with Crippen molar-refractivity contribution in [3.63, 3.8) is 0 Å². The molecule has 2 aliphatic rings. The summed E-state index contributed by atoms with van der Waals surface area (Å²) >= 11 is 0. The molecule has 1 aromatic carbocycles. The third-order valence-corrected chi connectivity index (χ3v) is 2.73. The van der Waals surface area contributed by atoms with E-state index in [1.54, 1.807) is 7.11 Å². The van der Waals surface area contributed by atoms with E-state index in [0.29, 0.717) is 13.2 Å². The highest BCUT2D eigenvalue weighted by Crippen LogP contribution is 2.33. The molecule has 0 aliphatic carbocycles. The maximum atomic E-state index is 5.62. The van der Waals surface area contributed by atoms with Crippen LogP contribution in [0.2, 0.25) is 0 Å². The zero-order valence-corrected chi connectivity index (χ0v) is 8.40. The van der Waals surface area contributed by atoms with Gasteiger partial charge in [0.2, 0.25) is 0 Å². The Bertz CT molecular complexity index is 428. The molecule has 0 aromatic heterocycles. The zero-order chi connectivity index (χ0) is 10.3. The molecule has 0 radical (unpaired) electrons. The predicted octanol–water partition coefficient (Wildman–Crippen LogP) is 1.44. The number of benzene rings is 1. The van der Waals surface area contributed by atoms with Crippen molar-refractivity contribution in [2.45, 2.75) is 0 Å². The van der Waals surface area contributed by atoms with Gasteiger partial charge in [0, 0.05) is 5.56 Å².